The van der Waals surface area contributed by atoms with E-state index in [4.69, 9.17) is 4.74 Å². The molecule has 4 nitrogen and oxygen atoms in total. The highest BCUT2D eigenvalue weighted by Crippen LogP contribution is 2.37. The summed E-state index contributed by atoms with van der Waals surface area (Å²) in [5, 5.41) is 13.1. The first-order valence-electron chi connectivity index (χ1n) is 7.02. The van der Waals surface area contributed by atoms with Crippen LogP contribution in [0.15, 0.2) is 6.07 Å². The monoisotopic (exact) mass is 297 g/mol. The van der Waals surface area contributed by atoms with E-state index in [2.05, 4.69) is 12.2 Å². The number of ether oxygens (including phenoxy) is 1. The van der Waals surface area contributed by atoms with Crippen LogP contribution in [-0.2, 0) is 11.3 Å². The van der Waals surface area contributed by atoms with Gasteiger partial charge in [-0.3, -0.25) is 0 Å². The molecule has 2 atom stereocenters. The molecule has 0 bridgehead atoms. The summed E-state index contributed by atoms with van der Waals surface area (Å²) in [6.45, 7) is 5.12. The van der Waals surface area contributed by atoms with Crippen molar-refractivity contribution in [2.75, 3.05) is 13.7 Å². The second kappa shape index (κ2) is 6.24. The third-order valence-corrected chi connectivity index (χ3v) is 5.46. The Morgan fingerprint density at radius 2 is 2.40 bits per heavy atom. The predicted molar refractivity (Wildman–Crippen MR) is 80.1 cm³/mol. The first-order chi connectivity index (χ1) is 9.50. The van der Waals surface area contributed by atoms with Crippen molar-refractivity contribution in [3.05, 3.63) is 21.4 Å². The molecule has 1 aliphatic carbocycles. The number of nitrogens with one attached hydrogen (secondary N) is 1. The molecule has 1 aromatic rings. The van der Waals surface area contributed by atoms with Crippen LogP contribution in [0.4, 0.5) is 0 Å². The fraction of sp³-hybridized carbons (Fsp3) is 0.667. The van der Waals surface area contributed by atoms with Crippen LogP contribution in [0.3, 0.4) is 0 Å². The molecule has 0 amide bonds. The molecule has 0 aromatic carbocycles. The summed E-state index contributed by atoms with van der Waals surface area (Å²) in [7, 11) is 1.40. The van der Waals surface area contributed by atoms with Crippen LogP contribution in [0.2, 0.25) is 0 Å². The van der Waals surface area contributed by atoms with Crippen LogP contribution in [-0.4, -0.2) is 30.8 Å². The van der Waals surface area contributed by atoms with Crippen molar-refractivity contribution in [3.8, 4) is 0 Å². The Labute approximate surface area is 124 Å². The van der Waals surface area contributed by atoms with E-state index in [0.717, 1.165) is 36.2 Å². The van der Waals surface area contributed by atoms with Gasteiger partial charge in [0, 0.05) is 29.5 Å². The van der Waals surface area contributed by atoms with Crippen molar-refractivity contribution in [1.82, 2.24) is 5.32 Å². The number of aryl methyl sites for hydroxylation is 1. The van der Waals surface area contributed by atoms with Crippen molar-refractivity contribution >= 4 is 17.3 Å². The van der Waals surface area contributed by atoms with E-state index in [-0.39, 0.29) is 18.0 Å². The molecule has 0 aliphatic heterocycles. The van der Waals surface area contributed by atoms with Gasteiger partial charge in [-0.1, -0.05) is 13.3 Å². The fourth-order valence-corrected chi connectivity index (χ4v) is 3.86. The van der Waals surface area contributed by atoms with Crippen molar-refractivity contribution in [2.24, 2.45) is 5.41 Å². The maximum absolute atomic E-state index is 11.5. The summed E-state index contributed by atoms with van der Waals surface area (Å²) in [5.41, 5.74) is 1.12. The third-order valence-electron chi connectivity index (χ3n) is 4.39. The molecule has 2 N–H and O–H groups in total. The second-order valence-electron chi connectivity index (χ2n) is 5.82. The number of rotatable bonds is 5. The zero-order valence-electron chi connectivity index (χ0n) is 12.4. The Morgan fingerprint density at radius 1 is 1.65 bits per heavy atom. The van der Waals surface area contributed by atoms with Gasteiger partial charge in [0.15, 0.2) is 0 Å². The summed E-state index contributed by atoms with van der Waals surface area (Å²) < 4.78 is 4.75. The average Bonchev–Trinajstić information content (AvgIpc) is 3.00. The molecule has 5 heteroatoms. The van der Waals surface area contributed by atoms with Gasteiger partial charge in [0.25, 0.3) is 0 Å². The molecule has 1 aromatic heterocycles. The first kappa shape index (κ1) is 15.5. The van der Waals surface area contributed by atoms with E-state index < -0.39 is 0 Å². The van der Waals surface area contributed by atoms with Crippen LogP contribution in [0.5, 0.6) is 0 Å². The number of thiophene rings is 1. The molecular formula is C15H23NO3S. The molecule has 1 heterocycles. The van der Waals surface area contributed by atoms with Gasteiger partial charge in [0.1, 0.15) is 4.88 Å². The lowest BCUT2D eigenvalue weighted by atomic mass is 9.86. The largest absolute Gasteiger partial charge is 0.465 e. The van der Waals surface area contributed by atoms with Crippen molar-refractivity contribution in [3.63, 3.8) is 0 Å². The summed E-state index contributed by atoms with van der Waals surface area (Å²) >= 11 is 1.47. The number of methoxy groups -OCH3 is 1. The number of hydrogen-bond acceptors (Lipinski definition) is 5. The summed E-state index contributed by atoms with van der Waals surface area (Å²) in [6.07, 6.45) is 3.33. The first-order valence-corrected chi connectivity index (χ1v) is 7.83. The lowest BCUT2D eigenvalue weighted by molar-refractivity contribution is 0.0606. The van der Waals surface area contributed by atoms with Gasteiger partial charge < -0.3 is 15.2 Å². The van der Waals surface area contributed by atoms with Gasteiger partial charge in [-0.25, -0.2) is 4.79 Å². The number of aliphatic hydroxyl groups excluding tert-OH is 1. The van der Waals surface area contributed by atoms with Crippen LogP contribution < -0.4 is 5.32 Å². The minimum Gasteiger partial charge on any atom is -0.465 e. The zero-order valence-corrected chi connectivity index (χ0v) is 13.2. The lowest BCUT2D eigenvalue weighted by Crippen LogP contribution is -2.41. The van der Waals surface area contributed by atoms with Crippen molar-refractivity contribution in [1.29, 1.82) is 0 Å². The van der Waals surface area contributed by atoms with Gasteiger partial charge >= 0.3 is 5.97 Å². The molecule has 112 valence electrons. The topological polar surface area (TPSA) is 58.6 Å². The Hall–Kier alpha value is -0.910. The van der Waals surface area contributed by atoms with Gasteiger partial charge in [0.05, 0.1) is 7.11 Å². The molecule has 20 heavy (non-hydrogen) atoms. The molecule has 0 unspecified atom stereocenters. The van der Waals surface area contributed by atoms with E-state index >= 15 is 0 Å². The number of aliphatic hydroxyl groups is 1. The van der Waals surface area contributed by atoms with E-state index in [9.17, 15) is 9.90 Å². The minimum absolute atomic E-state index is 0.0187. The van der Waals surface area contributed by atoms with Gasteiger partial charge in [-0.15, -0.1) is 11.3 Å². The highest BCUT2D eigenvalue weighted by Gasteiger charge is 2.37. The van der Waals surface area contributed by atoms with Gasteiger partial charge in [-0.05, 0) is 31.4 Å². The fourth-order valence-electron chi connectivity index (χ4n) is 2.90. The molecule has 1 saturated carbocycles. The maximum Gasteiger partial charge on any atom is 0.348 e. The average molecular weight is 297 g/mol. The Kier molecular flexibility index (Phi) is 4.83. The minimum atomic E-state index is -0.273. The molecule has 1 aliphatic rings. The number of carbonyl (C=O) groups excluding carboxylic acids is 1. The summed E-state index contributed by atoms with van der Waals surface area (Å²) in [5.74, 6) is -0.273. The molecule has 0 spiro atoms. The normalized spacial score (nSPS) is 25.9. The highest BCUT2D eigenvalue weighted by atomic mass is 32.1. The molecular weight excluding hydrogens is 274 g/mol. The molecule has 0 saturated heterocycles. The number of esters is 1. The van der Waals surface area contributed by atoms with E-state index in [1.54, 1.807) is 0 Å². The van der Waals surface area contributed by atoms with Gasteiger partial charge in [0.2, 0.25) is 0 Å². The SMILES string of the molecule is COC(=O)c1cc(CN[C@@H]2CCC[C@@]2(C)CO)c(C)s1. The smallest absolute Gasteiger partial charge is 0.348 e. The number of carbonyl (C=O) groups is 1. The van der Waals surface area contributed by atoms with E-state index in [1.807, 2.05) is 13.0 Å². The molecule has 1 fully saturated rings. The van der Waals surface area contributed by atoms with Crippen LogP contribution in [0, 0.1) is 12.3 Å². The Balaban J connectivity index is 2.01. The quantitative estimate of drug-likeness (QED) is 0.820. The highest BCUT2D eigenvalue weighted by molar-refractivity contribution is 7.14. The third kappa shape index (κ3) is 3.05. The lowest BCUT2D eigenvalue weighted by Gasteiger charge is -2.30. The molecule has 2 rings (SSSR count). The predicted octanol–water partition coefficient (Wildman–Crippen LogP) is 2.48. The zero-order chi connectivity index (χ0) is 14.8. The summed E-state index contributed by atoms with van der Waals surface area (Å²) in [4.78, 5) is 13.3. The van der Waals surface area contributed by atoms with Crippen molar-refractivity contribution < 1.29 is 14.6 Å². The maximum atomic E-state index is 11.5. The standard InChI is InChI=1S/C15H23NO3S/c1-10-11(7-12(20-10)14(18)19-3)8-16-13-5-4-6-15(13,2)9-17/h7,13,16-17H,4-6,8-9H2,1-3H3/t13-,15+/m1/s1. The van der Waals surface area contributed by atoms with Crippen LogP contribution in [0.25, 0.3) is 0 Å². The summed E-state index contributed by atoms with van der Waals surface area (Å²) in [6, 6.07) is 2.25. The van der Waals surface area contributed by atoms with Crippen molar-refractivity contribution in [2.45, 2.75) is 45.7 Å². The Morgan fingerprint density at radius 3 is 3.05 bits per heavy atom. The number of hydrogen-bond donors (Lipinski definition) is 2. The molecule has 0 radical (unpaired) electrons. The Bertz CT molecular complexity index is 485. The second-order valence-corrected chi connectivity index (χ2v) is 7.08. The van der Waals surface area contributed by atoms with Gasteiger partial charge in [-0.2, -0.15) is 0 Å². The van der Waals surface area contributed by atoms with Crippen LogP contribution in [0.1, 0.15) is 46.3 Å². The van der Waals surface area contributed by atoms with E-state index in [1.165, 1.54) is 18.4 Å². The van der Waals surface area contributed by atoms with E-state index in [0.29, 0.717) is 10.9 Å². The van der Waals surface area contributed by atoms with Crippen LogP contribution >= 0.6 is 11.3 Å².